The lowest BCUT2D eigenvalue weighted by Crippen LogP contribution is -2.28. The first-order valence-corrected chi connectivity index (χ1v) is 10.0. The zero-order valence-electron chi connectivity index (χ0n) is 17.5. The molecule has 1 aliphatic heterocycles. The minimum atomic E-state index is -0.334. The van der Waals surface area contributed by atoms with Crippen molar-refractivity contribution < 1.29 is 9.59 Å². The Labute approximate surface area is 167 Å². The lowest BCUT2D eigenvalue weighted by atomic mass is 9.87. The SMILES string of the molecule is CCc1cccc(C)c1NC(=O)C1CC(=O)N(c2ccc(C(C)(C)C)cc2)C1. The van der Waals surface area contributed by atoms with Gasteiger partial charge in [0.15, 0.2) is 0 Å². The highest BCUT2D eigenvalue weighted by Gasteiger charge is 2.35. The molecule has 3 rings (SSSR count). The average molecular weight is 379 g/mol. The summed E-state index contributed by atoms with van der Waals surface area (Å²) in [5.74, 6) is -0.408. The third-order valence-corrected chi connectivity index (χ3v) is 5.53. The van der Waals surface area contributed by atoms with E-state index in [0.717, 1.165) is 28.9 Å². The van der Waals surface area contributed by atoms with Crippen LogP contribution in [0.15, 0.2) is 42.5 Å². The molecule has 4 nitrogen and oxygen atoms in total. The highest BCUT2D eigenvalue weighted by molar-refractivity contribution is 6.04. The van der Waals surface area contributed by atoms with Crippen molar-refractivity contribution in [3.05, 3.63) is 59.2 Å². The van der Waals surface area contributed by atoms with Gasteiger partial charge in [0.05, 0.1) is 5.92 Å². The van der Waals surface area contributed by atoms with Gasteiger partial charge in [0, 0.05) is 24.3 Å². The Morgan fingerprint density at radius 3 is 2.43 bits per heavy atom. The van der Waals surface area contributed by atoms with E-state index in [2.05, 4.69) is 45.1 Å². The smallest absolute Gasteiger partial charge is 0.229 e. The lowest BCUT2D eigenvalue weighted by molar-refractivity contribution is -0.122. The Kier molecular flexibility index (Phi) is 5.59. The van der Waals surface area contributed by atoms with Crippen molar-refractivity contribution in [3.8, 4) is 0 Å². The van der Waals surface area contributed by atoms with E-state index in [1.807, 2.05) is 37.3 Å². The summed E-state index contributed by atoms with van der Waals surface area (Å²) in [4.78, 5) is 27.1. The summed E-state index contributed by atoms with van der Waals surface area (Å²) >= 11 is 0. The van der Waals surface area contributed by atoms with Gasteiger partial charge in [-0.1, -0.05) is 58.0 Å². The second-order valence-corrected chi connectivity index (χ2v) is 8.65. The van der Waals surface area contributed by atoms with E-state index in [0.29, 0.717) is 6.54 Å². The van der Waals surface area contributed by atoms with Crippen molar-refractivity contribution in [3.63, 3.8) is 0 Å². The van der Waals surface area contributed by atoms with Crippen molar-refractivity contribution in [1.82, 2.24) is 0 Å². The van der Waals surface area contributed by atoms with Crippen LogP contribution in [0.5, 0.6) is 0 Å². The van der Waals surface area contributed by atoms with E-state index in [1.54, 1.807) is 4.90 Å². The van der Waals surface area contributed by atoms with Crippen LogP contribution in [0.1, 0.15) is 50.8 Å². The predicted octanol–water partition coefficient (Wildman–Crippen LogP) is 4.85. The molecule has 1 saturated heterocycles. The first-order chi connectivity index (χ1) is 13.2. The Balaban J connectivity index is 1.73. The summed E-state index contributed by atoms with van der Waals surface area (Å²) < 4.78 is 0. The van der Waals surface area contributed by atoms with Gasteiger partial charge in [-0.25, -0.2) is 0 Å². The predicted molar refractivity (Wildman–Crippen MR) is 115 cm³/mol. The van der Waals surface area contributed by atoms with Gasteiger partial charge in [-0.15, -0.1) is 0 Å². The number of carbonyl (C=O) groups is 2. The third-order valence-electron chi connectivity index (χ3n) is 5.53. The van der Waals surface area contributed by atoms with Crippen molar-refractivity contribution in [2.75, 3.05) is 16.8 Å². The van der Waals surface area contributed by atoms with Gasteiger partial charge in [-0.2, -0.15) is 0 Å². The number of aryl methyl sites for hydroxylation is 2. The van der Waals surface area contributed by atoms with Gasteiger partial charge >= 0.3 is 0 Å². The molecule has 148 valence electrons. The van der Waals surface area contributed by atoms with Crippen LogP contribution in [0.25, 0.3) is 0 Å². The molecule has 1 fully saturated rings. The van der Waals surface area contributed by atoms with Crippen LogP contribution in [-0.2, 0) is 21.4 Å². The fraction of sp³-hybridized carbons (Fsp3) is 0.417. The van der Waals surface area contributed by atoms with Gasteiger partial charge in [-0.3, -0.25) is 9.59 Å². The normalized spacial score (nSPS) is 17.1. The monoisotopic (exact) mass is 378 g/mol. The van der Waals surface area contributed by atoms with Crippen LogP contribution in [0.2, 0.25) is 0 Å². The first-order valence-electron chi connectivity index (χ1n) is 10.0. The van der Waals surface area contributed by atoms with Crippen LogP contribution in [0.4, 0.5) is 11.4 Å². The number of anilines is 2. The Morgan fingerprint density at radius 1 is 1.14 bits per heavy atom. The molecule has 1 N–H and O–H groups in total. The quantitative estimate of drug-likeness (QED) is 0.827. The highest BCUT2D eigenvalue weighted by Crippen LogP contribution is 2.30. The molecule has 2 aromatic rings. The third kappa shape index (κ3) is 4.11. The molecule has 0 radical (unpaired) electrons. The first kappa shape index (κ1) is 20.1. The maximum atomic E-state index is 12.9. The molecule has 0 saturated carbocycles. The van der Waals surface area contributed by atoms with E-state index in [-0.39, 0.29) is 29.6 Å². The van der Waals surface area contributed by atoms with Crippen molar-refractivity contribution >= 4 is 23.2 Å². The van der Waals surface area contributed by atoms with Crippen molar-refractivity contribution in [1.29, 1.82) is 0 Å². The van der Waals surface area contributed by atoms with E-state index in [4.69, 9.17) is 0 Å². The number of para-hydroxylation sites is 1. The second-order valence-electron chi connectivity index (χ2n) is 8.65. The van der Waals surface area contributed by atoms with Gasteiger partial charge in [0.25, 0.3) is 0 Å². The van der Waals surface area contributed by atoms with Crippen LogP contribution >= 0.6 is 0 Å². The molecule has 28 heavy (non-hydrogen) atoms. The van der Waals surface area contributed by atoms with Crippen LogP contribution in [0, 0.1) is 12.8 Å². The average Bonchev–Trinajstić information content (AvgIpc) is 3.04. The lowest BCUT2D eigenvalue weighted by Gasteiger charge is -2.22. The Morgan fingerprint density at radius 2 is 1.82 bits per heavy atom. The molecule has 1 unspecified atom stereocenters. The van der Waals surface area contributed by atoms with Gasteiger partial charge in [0.1, 0.15) is 0 Å². The standard InChI is InChI=1S/C24H30N2O2/c1-6-17-9-7-8-16(2)22(17)25-23(28)18-14-21(27)26(15-18)20-12-10-19(11-13-20)24(3,4)5/h7-13,18H,6,14-15H2,1-5H3,(H,25,28). The van der Waals surface area contributed by atoms with Crippen molar-refractivity contribution in [2.24, 2.45) is 5.92 Å². The molecular formula is C24H30N2O2. The Bertz CT molecular complexity index is 878. The number of benzene rings is 2. The number of nitrogens with one attached hydrogen (secondary N) is 1. The number of hydrogen-bond acceptors (Lipinski definition) is 2. The van der Waals surface area contributed by atoms with Crippen LogP contribution in [-0.4, -0.2) is 18.4 Å². The molecule has 2 amide bonds. The van der Waals surface area contributed by atoms with Crippen LogP contribution in [0.3, 0.4) is 0 Å². The number of carbonyl (C=O) groups excluding carboxylic acids is 2. The minimum absolute atomic E-state index is 0.00385. The number of nitrogens with zero attached hydrogens (tertiary/aromatic N) is 1. The molecular weight excluding hydrogens is 348 g/mol. The van der Waals surface area contributed by atoms with E-state index in [9.17, 15) is 9.59 Å². The summed E-state index contributed by atoms with van der Waals surface area (Å²) in [6, 6.07) is 14.1. The number of rotatable bonds is 4. The molecule has 2 aromatic carbocycles. The van der Waals surface area contributed by atoms with Crippen LogP contribution < -0.4 is 10.2 Å². The zero-order chi connectivity index (χ0) is 20.5. The fourth-order valence-corrected chi connectivity index (χ4v) is 3.70. The maximum Gasteiger partial charge on any atom is 0.229 e. The molecule has 0 bridgehead atoms. The summed E-state index contributed by atoms with van der Waals surface area (Å²) in [5, 5.41) is 3.08. The van der Waals surface area contributed by atoms with Gasteiger partial charge in [0.2, 0.25) is 11.8 Å². The molecule has 0 spiro atoms. The number of amides is 2. The van der Waals surface area contributed by atoms with E-state index >= 15 is 0 Å². The Hall–Kier alpha value is -2.62. The summed E-state index contributed by atoms with van der Waals surface area (Å²) in [6.07, 6.45) is 1.10. The number of hydrogen-bond donors (Lipinski definition) is 1. The topological polar surface area (TPSA) is 49.4 Å². The summed E-state index contributed by atoms with van der Waals surface area (Å²) in [5.41, 5.74) is 5.21. The zero-order valence-corrected chi connectivity index (χ0v) is 17.5. The molecule has 0 aliphatic carbocycles. The highest BCUT2D eigenvalue weighted by atomic mass is 16.2. The molecule has 1 aliphatic rings. The molecule has 4 heteroatoms. The van der Waals surface area contributed by atoms with Gasteiger partial charge < -0.3 is 10.2 Å². The van der Waals surface area contributed by atoms with E-state index in [1.165, 1.54) is 5.56 Å². The molecule has 0 aromatic heterocycles. The van der Waals surface area contributed by atoms with E-state index < -0.39 is 0 Å². The minimum Gasteiger partial charge on any atom is -0.325 e. The van der Waals surface area contributed by atoms with Crippen molar-refractivity contribution in [2.45, 2.75) is 52.9 Å². The largest absolute Gasteiger partial charge is 0.325 e. The fourth-order valence-electron chi connectivity index (χ4n) is 3.70. The summed E-state index contributed by atoms with van der Waals surface area (Å²) in [6.45, 7) is 11.0. The maximum absolute atomic E-state index is 12.9. The van der Waals surface area contributed by atoms with Gasteiger partial charge in [-0.05, 0) is 47.6 Å². The second kappa shape index (κ2) is 7.78. The molecule has 1 heterocycles. The summed E-state index contributed by atoms with van der Waals surface area (Å²) in [7, 11) is 0. The molecule has 1 atom stereocenters.